The highest BCUT2D eigenvalue weighted by molar-refractivity contribution is 6.32. The predicted molar refractivity (Wildman–Crippen MR) is 80.1 cm³/mol. The van der Waals surface area contributed by atoms with Gasteiger partial charge in [-0.3, -0.25) is 0 Å². The van der Waals surface area contributed by atoms with Crippen LogP contribution in [0.4, 0.5) is 9.18 Å². The quantitative estimate of drug-likeness (QED) is 0.828. The van der Waals surface area contributed by atoms with Crippen LogP contribution in [0, 0.1) is 5.82 Å². The molecule has 21 heavy (non-hydrogen) atoms. The lowest BCUT2D eigenvalue weighted by atomic mass is 10.1. The first kappa shape index (κ1) is 17.9. The van der Waals surface area contributed by atoms with Gasteiger partial charge in [-0.05, 0) is 38.8 Å². The number of nitrogens with zero attached hydrogens (tertiary/aromatic N) is 1. The van der Waals surface area contributed by atoms with Crippen molar-refractivity contribution in [3.63, 3.8) is 0 Å². The molecule has 8 heteroatoms. The summed E-state index contributed by atoms with van der Waals surface area (Å²) in [7, 11) is 0. The van der Waals surface area contributed by atoms with Gasteiger partial charge in [0, 0.05) is 12.6 Å². The number of ether oxygens (including phenoxy) is 1. The number of carbonyl (C=O) groups excluding carboxylic acids is 1. The van der Waals surface area contributed by atoms with Gasteiger partial charge in [-0.2, -0.15) is 0 Å². The molecular formula is C13H18Cl2FN3O2. The first-order valence-electron chi connectivity index (χ1n) is 6.31. The van der Waals surface area contributed by atoms with Crippen molar-refractivity contribution in [1.29, 1.82) is 0 Å². The number of hydrogen-bond donors (Lipinski definition) is 2. The number of halogens is 3. The third-order valence-electron chi connectivity index (χ3n) is 2.35. The van der Waals surface area contributed by atoms with Crippen LogP contribution in [0.3, 0.4) is 0 Å². The second-order valence-electron chi connectivity index (χ2n) is 5.56. The number of hydrogen-bond acceptors (Lipinski definition) is 4. The maximum absolute atomic E-state index is 13.3. The Hall–Kier alpha value is -1.11. The molecule has 3 N–H and O–H groups in total. The summed E-state index contributed by atoms with van der Waals surface area (Å²) in [5, 5.41) is 2.34. The van der Waals surface area contributed by atoms with E-state index < -0.39 is 23.6 Å². The lowest BCUT2D eigenvalue weighted by molar-refractivity contribution is 0.0524. The number of carbonyl (C=O) groups is 1. The van der Waals surface area contributed by atoms with Crippen LogP contribution < -0.4 is 11.1 Å². The number of pyridine rings is 1. The molecule has 1 unspecified atom stereocenters. The van der Waals surface area contributed by atoms with Crippen LogP contribution in [0.1, 0.15) is 26.3 Å². The first-order chi connectivity index (χ1) is 9.58. The highest BCUT2D eigenvalue weighted by Gasteiger charge is 2.17. The van der Waals surface area contributed by atoms with E-state index in [1.165, 1.54) is 6.07 Å². The van der Waals surface area contributed by atoms with E-state index in [1.54, 1.807) is 20.8 Å². The van der Waals surface area contributed by atoms with Crippen LogP contribution in [-0.2, 0) is 11.2 Å². The molecule has 1 amide bonds. The van der Waals surface area contributed by atoms with Crippen LogP contribution in [0.5, 0.6) is 0 Å². The Kier molecular flexibility index (Phi) is 6.19. The van der Waals surface area contributed by atoms with Crippen molar-refractivity contribution in [2.45, 2.75) is 38.8 Å². The monoisotopic (exact) mass is 337 g/mol. The maximum Gasteiger partial charge on any atom is 0.407 e. The van der Waals surface area contributed by atoms with Crippen LogP contribution in [0.15, 0.2) is 6.07 Å². The molecule has 1 heterocycles. The lowest BCUT2D eigenvalue weighted by Gasteiger charge is -2.21. The Labute approximate surface area is 133 Å². The normalized spacial score (nSPS) is 12.9. The zero-order valence-electron chi connectivity index (χ0n) is 12.0. The zero-order chi connectivity index (χ0) is 16.2. The molecule has 0 spiro atoms. The minimum absolute atomic E-state index is 0.0918. The van der Waals surface area contributed by atoms with Crippen LogP contribution >= 0.6 is 23.2 Å². The Morgan fingerprint density at radius 3 is 2.67 bits per heavy atom. The van der Waals surface area contributed by atoms with Gasteiger partial charge in [0.25, 0.3) is 0 Å². The molecule has 0 radical (unpaired) electrons. The minimum Gasteiger partial charge on any atom is -0.444 e. The second kappa shape index (κ2) is 7.24. The van der Waals surface area contributed by atoms with Gasteiger partial charge in [0.1, 0.15) is 10.8 Å². The molecule has 0 bridgehead atoms. The Morgan fingerprint density at radius 2 is 2.10 bits per heavy atom. The Morgan fingerprint density at radius 1 is 1.48 bits per heavy atom. The van der Waals surface area contributed by atoms with Crippen molar-refractivity contribution in [1.82, 2.24) is 10.3 Å². The fourth-order valence-corrected chi connectivity index (χ4v) is 1.91. The van der Waals surface area contributed by atoms with Gasteiger partial charge in [-0.1, -0.05) is 23.2 Å². The van der Waals surface area contributed by atoms with Gasteiger partial charge in [0.15, 0.2) is 11.0 Å². The van der Waals surface area contributed by atoms with Crippen LogP contribution in [-0.4, -0.2) is 29.3 Å². The van der Waals surface area contributed by atoms with Crippen molar-refractivity contribution < 1.29 is 13.9 Å². The number of nitrogens with one attached hydrogen (secondary N) is 1. The summed E-state index contributed by atoms with van der Waals surface area (Å²) in [6.07, 6.45) is -0.320. The third-order valence-corrected chi connectivity index (χ3v) is 2.94. The molecule has 118 valence electrons. The number of alkyl carbamates (subject to hydrolysis) is 1. The molecule has 0 aliphatic rings. The fourth-order valence-electron chi connectivity index (χ4n) is 1.51. The molecule has 5 nitrogen and oxygen atoms in total. The van der Waals surface area contributed by atoms with E-state index in [0.717, 1.165) is 0 Å². The van der Waals surface area contributed by atoms with Crippen LogP contribution in [0.2, 0.25) is 10.3 Å². The molecule has 0 aliphatic heterocycles. The lowest BCUT2D eigenvalue weighted by Crippen LogP contribution is -2.41. The smallest absolute Gasteiger partial charge is 0.407 e. The summed E-state index contributed by atoms with van der Waals surface area (Å²) in [5.74, 6) is -0.664. The summed E-state index contributed by atoms with van der Waals surface area (Å²) < 4.78 is 18.4. The minimum atomic E-state index is -0.664. The number of aromatic nitrogens is 1. The zero-order valence-corrected chi connectivity index (χ0v) is 13.6. The predicted octanol–water partition coefficient (Wildman–Crippen LogP) is 2.92. The van der Waals surface area contributed by atoms with Crippen LogP contribution in [0.25, 0.3) is 0 Å². The fraction of sp³-hybridized carbons (Fsp3) is 0.538. The largest absolute Gasteiger partial charge is 0.444 e. The highest BCUT2D eigenvalue weighted by atomic mass is 35.5. The van der Waals surface area contributed by atoms with Gasteiger partial charge in [0.2, 0.25) is 0 Å². The van der Waals surface area contributed by atoms with E-state index in [2.05, 4.69) is 10.3 Å². The van der Waals surface area contributed by atoms with Crippen molar-refractivity contribution in [2.24, 2.45) is 5.73 Å². The van der Waals surface area contributed by atoms with E-state index in [-0.39, 0.29) is 23.3 Å². The summed E-state index contributed by atoms with van der Waals surface area (Å²) in [6.45, 7) is 5.44. The number of nitrogens with two attached hydrogens (primary N) is 1. The molecular weight excluding hydrogens is 320 g/mol. The molecule has 0 aromatic carbocycles. The summed E-state index contributed by atoms with van der Waals surface area (Å²) in [5.41, 5.74) is 5.71. The van der Waals surface area contributed by atoms with E-state index in [1.807, 2.05) is 0 Å². The number of rotatable bonds is 4. The SMILES string of the molecule is CC(C)(C)OC(=O)NCC(N)Cc1cc(F)c(Cl)nc1Cl. The molecule has 0 saturated carbocycles. The van der Waals surface area contributed by atoms with Crippen molar-refractivity contribution in [3.05, 3.63) is 27.8 Å². The standard InChI is InChI=1S/C13H18Cl2FN3O2/c1-13(2,3)21-12(20)18-6-8(17)4-7-5-9(16)11(15)19-10(7)14/h5,8H,4,6,17H2,1-3H3,(H,18,20). The first-order valence-corrected chi connectivity index (χ1v) is 7.07. The van der Waals surface area contributed by atoms with E-state index in [9.17, 15) is 9.18 Å². The highest BCUT2D eigenvalue weighted by Crippen LogP contribution is 2.21. The van der Waals surface area contributed by atoms with Gasteiger partial charge in [-0.25, -0.2) is 14.2 Å². The van der Waals surface area contributed by atoms with Gasteiger partial charge in [0.05, 0.1) is 0 Å². The summed E-state index contributed by atoms with van der Waals surface area (Å²) in [4.78, 5) is 15.1. The third kappa shape index (κ3) is 6.46. The Bertz CT molecular complexity index is 521. The summed E-state index contributed by atoms with van der Waals surface area (Å²) in [6, 6.07) is 0.725. The molecule has 1 aromatic rings. The van der Waals surface area contributed by atoms with Gasteiger partial charge < -0.3 is 15.8 Å². The van der Waals surface area contributed by atoms with Crippen molar-refractivity contribution in [3.8, 4) is 0 Å². The van der Waals surface area contributed by atoms with Crippen molar-refractivity contribution in [2.75, 3.05) is 6.54 Å². The van der Waals surface area contributed by atoms with Gasteiger partial charge in [-0.15, -0.1) is 0 Å². The summed E-state index contributed by atoms with van der Waals surface area (Å²) >= 11 is 11.4. The molecule has 1 rings (SSSR count). The second-order valence-corrected chi connectivity index (χ2v) is 6.27. The topological polar surface area (TPSA) is 77.2 Å². The molecule has 0 fully saturated rings. The average Bonchev–Trinajstić information content (AvgIpc) is 2.31. The van der Waals surface area contributed by atoms with E-state index in [4.69, 9.17) is 33.7 Å². The molecule has 1 atom stereocenters. The average molecular weight is 338 g/mol. The van der Waals surface area contributed by atoms with E-state index in [0.29, 0.717) is 5.56 Å². The number of amides is 1. The Balaban J connectivity index is 2.53. The van der Waals surface area contributed by atoms with E-state index >= 15 is 0 Å². The van der Waals surface area contributed by atoms with Crippen molar-refractivity contribution >= 4 is 29.3 Å². The molecule has 0 aliphatic carbocycles. The van der Waals surface area contributed by atoms with Gasteiger partial charge >= 0.3 is 6.09 Å². The maximum atomic E-state index is 13.3. The molecule has 0 saturated heterocycles. The molecule has 1 aromatic heterocycles.